The Kier molecular flexibility index (Phi) is 13.4. The van der Waals surface area contributed by atoms with E-state index in [4.69, 9.17) is 37.9 Å². The number of carboxylic acids is 1. The molecular formula is C28H45N3O16. The number of rotatable bonds is 11. The van der Waals surface area contributed by atoms with E-state index in [-0.39, 0.29) is 0 Å². The first-order valence-corrected chi connectivity index (χ1v) is 14.9. The van der Waals surface area contributed by atoms with Crippen LogP contribution in [0, 0.1) is 0 Å². The first kappa shape index (κ1) is 38.4. The molecule has 3 amide bonds. The summed E-state index contributed by atoms with van der Waals surface area (Å²) < 4.78 is 46.0. The highest BCUT2D eigenvalue weighted by Gasteiger charge is 2.56. The number of carbonyl (C=O) groups excluding carboxylic acids is 4. The fourth-order valence-corrected chi connectivity index (χ4v) is 5.91. The van der Waals surface area contributed by atoms with E-state index in [2.05, 4.69) is 16.0 Å². The van der Waals surface area contributed by atoms with E-state index < -0.39 is 122 Å². The summed E-state index contributed by atoms with van der Waals surface area (Å²) in [4.78, 5) is 61.0. The maximum atomic E-state index is 12.5. The van der Waals surface area contributed by atoms with Crippen molar-refractivity contribution in [3.05, 3.63) is 0 Å². The quantitative estimate of drug-likeness (QED) is 0.118. The van der Waals surface area contributed by atoms with Crippen LogP contribution in [0.5, 0.6) is 0 Å². The summed E-state index contributed by atoms with van der Waals surface area (Å²) in [7, 11) is 2.49. The molecule has 3 aliphatic heterocycles. The van der Waals surface area contributed by atoms with Crippen LogP contribution in [0.4, 0.5) is 0 Å². The normalized spacial score (nSPS) is 40.5. The molecule has 19 heteroatoms. The Labute approximate surface area is 270 Å². The number of aliphatic hydroxyl groups is 2. The molecule has 19 nitrogen and oxygen atoms in total. The fraction of sp³-hybridized carbons (Fsp3) is 0.821. The van der Waals surface area contributed by atoms with Crippen LogP contribution in [0.15, 0.2) is 0 Å². The SMILES string of the molecule is CO[C@@H]1O[C@H](C)[C@H](O)[C@H](O[C@@H]2O[C@@H](C)[C@@H](O[C@@H]3O[C@H](C(=O)O)[C@@H](OC)[C@H](O)[C@@H]3NC(C)=O)[C@@H](OC(C)=O)[C@@H]2NC(C)=O)[C@H]1NC(C)=O. The van der Waals surface area contributed by atoms with Crippen molar-refractivity contribution in [2.24, 2.45) is 0 Å². The number of esters is 1. The van der Waals surface area contributed by atoms with Crippen LogP contribution < -0.4 is 16.0 Å². The van der Waals surface area contributed by atoms with Gasteiger partial charge in [-0.05, 0) is 13.8 Å². The second-order valence-electron chi connectivity index (χ2n) is 11.6. The van der Waals surface area contributed by atoms with Crippen LogP contribution in [-0.4, -0.2) is 151 Å². The molecule has 0 aromatic rings. The van der Waals surface area contributed by atoms with Crippen LogP contribution >= 0.6 is 0 Å². The van der Waals surface area contributed by atoms with Crippen LogP contribution in [0.3, 0.4) is 0 Å². The predicted octanol–water partition coefficient (Wildman–Crippen LogP) is -3.12. The van der Waals surface area contributed by atoms with Crippen LogP contribution in [-0.2, 0) is 61.9 Å². The van der Waals surface area contributed by atoms with Crippen molar-refractivity contribution < 1.29 is 77.2 Å². The van der Waals surface area contributed by atoms with Gasteiger partial charge >= 0.3 is 11.9 Å². The Morgan fingerprint density at radius 3 is 1.57 bits per heavy atom. The first-order chi connectivity index (χ1) is 22.0. The number of carboxylic acid groups (broad SMARTS) is 1. The summed E-state index contributed by atoms with van der Waals surface area (Å²) in [6.07, 6.45) is -16.2. The molecule has 3 aliphatic rings. The third kappa shape index (κ3) is 9.12. The summed E-state index contributed by atoms with van der Waals surface area (Å²) >= 11 is 0. The van der Waals surface area contributed by atoms with Gasteiger partial charge < -0.3 is 69.2 Å². The lowest BCUT2D eigenvalue weighted by molar-refractivity contribution is -0.343. The topological polar surface area (TPSA) is 256 Å². The fourth-order valence-electron chi connectivity index (χ4n) is 5.91. The second-order valence-corrected chi connectivity index (χ2v) is 11.6. The van der Waals surface area contributed by atoms with E-state index in [9.17, 15) is 39.3 Å². The highest BCUT2D eigenvalue weighted by Crippen LogP contribution is 2.34. The number of ether oxygens (including phenoxy) is 8. The Hall–Kier alpha value is -3.01. The molecule has 0 aromatic carbocycles. The zero-order valence-electron chi connectivity index (χ0n) is 27.3. The van der Waals surface area contributed by atoms with E-state index >= 15 is 0 Å². The molecule has 0 unspecified atom stereocenters. The number of hydrogen-bond acceptors (Lipinski definition) is 15. The molecule has 3 fully saturated rings. The number of hydrogen-bond donors (Lipinski definition) is 6. The molecule has 0 saturated carbocycles. The molecule has 0 aromatic heterocycles. The minimum absolute atomic E-state index is 0.489. The molecule has 15 atom stereocenters. The minimum atomic E-state index is -1.74. The van der Waals surface area contributed by atoms with Crippen molar-refractivity contribution in [3.63, 3.8) is 0 Å². The lowest BCUT2D eigenvalue weighted by Crippen LogP contribution is -2.71. The predicted molar refractivity (Wildman–Crippen MR) is 153 cm³/mol. The van der Waals surface area contributed by atoms with Gasteiger partial charge in [0.2, 0.25) is 17.7 Å². The Morgan fingerprint density at radius 1 is 0.596 bits per heavy atom. The number of carbonyl (C=O) groups is 5. The summed E-state index contributed by atoms with van der Waals surface area (Å²) in [5.41, 5.74) is 0. The van der Waals surface area contributed by atoms with Gasteiger partial charge in [-0.2, -0.15) is 0 Å². The van der Waals surface area contributed by atoms with Gasteiger partial charge in [0.1, 0.15) is 48.6 Å². The van der Waals surface area contributed by atoms with Gasteiger partial charge in [-0.3, -0.25) is 19.2 Å². The van der Waals surface area contributed by atoms with E-state index in [1.165, 1.54) is 27.9 Å². The first-order valence-electron chi connectivity index (χ1n) is 14.9. The van der Waals surface area contributed by atoms with Gasteiger partial charge in [0.05, 0.1) is 12.2 Å². The van der Waals surface area contributed by atoms with Crippen LogP contribution in [0.2, 0.25) is 0 Å². The standard InChI is InChI=1S/C28H45N3O16/c1-9-18(36)21(16(30-12(4)33)26(41-8)42-9)46-28-17(31-13(5)34)22(44-14(6)35)20(10(2)43-28)45-27-15(29-11(3)32)19(37)23(40-7)24(47-27)25(38)39/h9-10,15-24,26-28,36-37H,1-8H3,(H,29,32)(H,30,33)(H,31,34)(H,38,39)/t9-,10+,15+,16-,17+,18+,19-,20-,21-,22+,23+,24+,26-,27-,28+/m1/s1. The monoisotopic (exact) mass is 679 g/mol. The Bertz CT molecular complexity index is 1140. The summed E-state index contributed by atoms with van der Waals surface area (Å²) in [6, 6.07) is -3.76. The smallest absolute Gasteiger partial charge is 0.335 e. The van der Waals surface area contributed by atoms with Crippen molar-refractivity contribution in [3.8, 4) is 0 Å². The molecule has 0 spiro atoms. The summed E-state index contributed by atoms with van der Waals surface area (Å²) in [5.74, 6) is -4.02. The second kappa shape index (κ2) is 16.4. The molecule has 0 aliphatic carbocycles. The highest BCUT2D eigenvalue weighted by molar-refractivity contribution is 5.75. The van der Waals surface area contributed by atoms with Gasteiger partial charge in [0.15, 0.2) is 31.1 Å². The number of nitrogens with one attached hydrogen (secondary N) is 3. The van der Waals surface area contributed by atoms with Gasteiger partial charge in [0, 0.05) is 41.9 Å². The average molecular weight is 680 g/mol. The third-order valence-electron chi connectivity index (χ3n) is 7.91. The maximum absolute atomic E-state index is 12.5. The molecule has 3 saturated heterocycles. The highest BCUT2D eigenvalue weighted by atomic mass is 16.7. The van der Waals surface area contributed by atoms with Crippen molar-refractivity contribution in [2.75, 3.05) is 14.2 Å². The van der Waals surface area contributed by atoms with Crippen molar-refractivity contribution in [1.29, 1.82) is 0 Å². The molecule has 3 rings (SSSR count). The number of methoxy groups -OCH3 is 2. The summed E-state index contributed by atoms with van der Waals surface area (Å²) in [6.45, 7) is 7.73. The zero-order chi connectivity index (χ0) is 35.3. The summed E-state index contributed by atoms with van der Waals surface area (Å²) in [5, 5.41) is 39.6. The maximum Gasteiger partial charge on any atom is 0.335 e. The van der Waals surface area contributed by atoms with Gasteiger partial charge in [-0.1, -0.05) is 0 Å². The van der Waals surface area contributed by atoms with Gasteiger partial charge in [-0.15, -0.1) is 0 Å². The molecule has 268 valence electrons. The minimum Gasteiger partial charge on any atom is -0.479 e. The van der Waals surface area contributed by atoms with E-state index in [1.54, 1.807) is 6.92 Å². The number of amides is 3. The van der Waals surface area contributed by atoms with Crippen LogP contribution in [0.1, 0.15) is 41.5 Å². The largest absolute Gasteiger partial charge is 0.479 e. The molecule has 3 heterocycles. The number of aliphatic hydroxyl groups excluding tert-OH is 2. The third-order valence-corrected chi connectivity index (χ3v) is 7.91. The van der Waals surface area contributed by atoms with E-state index in [0.717, 1.165) is 21.0 Å². The van der Waals surface area contributed by atoms with E-state index in [0.29, 0.717) is 0 Å². The Morgan fingerprint density at radius 2 is 1.09 bits per heavy atom. The Balaban J connectivity index is 2.02. The van der Waals surface area contributed by atoms with Crippen molar-refractivity contribution in [2.45, 2.75) is 133 Å². The average Bonchev–Trinajstić information content (AvgIpc) is 2.96. The van der Waals surface area contributed by atoms with Crippen molar-refractivity contribution in [1.82, 2.24) is 16.0 Å². The molecule has 47 heavy (non-hydrogen) atoms. The molecule has 6 N–H and O–H groups in total. The lowest BCUT2D eigenvalue weighted by atomic mass is 9.93. The molecule has 0 bridgehead atoms. The zero-order valence-corrected chi connectivity index (χ0v) is 27.3. The van der Waals surface area contributed by atoms with Crippen molar-refractivity contribution >= 4 is 29.7 Å². The molecule has 0 radical (unpaired) electrons. The van der Waals surface area contributed by atoms with E-state index in [1.807, 2.05) is 0 Å². The van der Waals surface area contributed by atoms with Crippen LogP contribution in [0.25, 0.3) is 0 Å². The lowest BCUT2D eigenvalue weighted by Gasteiger charge is -2.50. The molecular weight excluding hydrogens is 634 g/mol. The van der Waals surface area contributed by atoms with Gasteiger partial charge in [-0.25, -0.2) is 4.79 Å². The number of aliphatic carboxylic acids is 1. The van der Waals surface area contributed by atoms with Gasteiger partial charge in [0.25, 0.3) is 0 Å².